The standard InChI is InChI=1S/C14H20O2/c1-14(2,3)12-8-7-11(15-4)9-13(12)16-10-5-6-10/h7-10H,5-6H2,1-4H3. The second-order valence-corrected chi connectivity index (χ2v) is 5.43. The van der Waals surface area contributed by atoms with Crippen LogP contribution < -0.4 is 9.47 Å². The van der Waals surface area contributed by atoms with Crippen LogP contribution in [0.5, 0.6) is 11.5 Å². The number of ether oxygens (including phenoxy) is 2. The molecular weight excluding hydrogens is 200 g/mol. The van der Waals surface area contributed by atoms with E-state index >= 15 is 0 Å². The van der Waals surface area contributed by atoms with Gasteiger partial charge in [-0.25, -0.2) is 0 Å². The first-order chi connectivity index (χ1) is 7.50. The molecule has 0 bridgehead atoms. The summed E-state index contributed by atoms with van der Waals surface area (Å²) in [4.78, 5) is 0. The van der Waals surface area contributed by atoms with Crippen LogP contribution in [-0.4, -0.2) is 13.2 Å². The largest absolute Gasteiger partial charge is 0.497 e. The zero-order valence-corrected chi connectivity index (χ0v) is 10.5. The topological polar surface area (TPSA) is 18.5 Å². The average Bonchev–Trinajstić information content (AvgIpc) is 3.00. The minimum absolute atomic E-state index is 0.108. The summed E-state index contributed by atoms with van der Waals surface area (Å²) < 4.78 is 11.2. The number of hydrogen-bond acceptors (Lipinski definition) is 2. The van der Waals surface area contributed by atoms with E-state index in [1.165, 1.54) is 18.4 Å². The maximum Gasteiger partial charge on any atom is 0.127 e. The number of hydrogen-bond donors (Lipinski definition) is 0. The fourth-order valence-electron chi connectivity index (χ4n) is 1.71. The Morgan fingerprint density at radius 1 is 1.19 bits per heavy atom. The molecule has 0 unspecified atom stereocenters. The van der Waals surface area contributed by atoms with E-state index < -0.39 is 0 Å². The minimum atomic E-state index is 0.108. The first-order valence-electron chi connectivity index (χ1n) is 5.86. The summed E-state index contributed by atoms with van der Waals surface area (Å²) in [6, 6.07) is 6.11. The second-order valence-electron chi connectivity index (χ2n) is 5.43. The summed E-state index contributed by atoms with van der Waals surface area (Å²) in [5.74, 6) is 1.85. The molecule has 0 radical (unpaired) electrons. The molecule has 1 aromatic rings. The van der Waals surface area contributed by atoms with Crippen molar-refractivity contribution in [2.45, 2.75) is 45.1 Å². The lowest BCUT2D eigenvalue weighted by atomic mass is 9.86. The van der Waals surface area contributed by atoms with Gasteiger partial charge in [0, 0.05) is 6.07 Å². The quantitative estimate of drug-likeness (QED) is 0.775. The van der Waals surface area contributed by atoms with Crippen molar-refractivity contribution in [3.8, 4) is 11.5 Å². The van der Waals surface area contributed by atoms with Crippen molar-refractivity contribution < 1.29 is 9.47 Å². The molecule has 0 spiro atoms. The third-order valence-corrected chi connectivity index (χ3v) is 2.81. The molecule has 1 aliphatic rings. The van der Waals surface area contributed by atoms with Gasteiger partial charge in [0.25, 0.3) is 0 Å². The molecule has 0 aliphatic heterocycles. The predicted octanol–water partition coefficient (Wildman–Crippen LogP) is 3.53. The number of methoxy groups -OCH3 is 1. The Kier molecular flexibility index (Phi) is 2.83. The van der Waals surface area contributed by atoms with Crippen LogP contribution in [0.3, 0.4) is 0 Å². The highest BCUT2D eigenvalue weighted by Gasteiger charge is 2.27. The molecule has 1 aliphatic carbocycles. The monoisotopic (exact) mass is 220 g/mol. The Bertz CT molecular complexity index is 373. The summed E-state index contributed by atoms with van der Waals surface area (Å²) in [5.41, 5.74) is 1.36. The molecule has 0 N–H and O–H groups in total. The zero-order chi connectivity index (χ0) is 11.8. The van der Waals surface area contributed by atoms with Gasteiger partial charge >= 0.3 is 0 Å². The molecule has 16 heavy (non-hydrogen) atoms. The maximum atomic E-state index is 5.95. The maximum absolute atomic E-state index is 5.95. The molecule has 0 aromatic heterocycles. The van der Waals surface area contributed by atoms with Crippen molar-refractivity contribution in [1.82, 2.24) is 0 Å². The first kappa shape index (κ1) is 11.3. The van der Waals surface area contributed by atoms with Crippen LogP contribution in [0.2, 0.25) is 0 Å². The van der Waals surface area contributed by atoms with Gasteiger partial charge in [0.05, 0.1) is 13.2 Å². The molecular formula is C14H20O2. The van der Waals surface area contributed by atoms with Gasteiger partial charge in [0.15, 0.2) is 0 Å². The highest BCUT2D eigenvalue weighted by molar-refractivity contribution is 5.44. The van der Waals surface area contributed by atoms with E-state index in [1.807, 2.05) is 12.1 Å². The summed E-state index contributed by atoms with van der Waals surface area (Å²) in [6.07, 6.45) is 2.79. The Labute approximate surface area is 97.6 Å². The van der Waals surface area contributed by atoms with Gasteiger partial charge in [-0.2, -0.15) is 0 Å². The van der Waals surface area contributed by atoms with Gasteiger partial charge in [0.1, 0.15) is 11.5 Å². The van der Waals surface area contributed by atoms with Crippen LogP contribution in [-0.2, 0) is 5.41 Å². The highest BCUT2D eigenvalue weighted by Crippen LogP contribution is 2.37. The van der Waals surface area contributed by atoms with E-state index in [4.69, 9.17) is 9.47 Å². The van der Waals surface area contributed by atoms with Crippen molar-refractivity contribution in [2.24, 2.45) is 0 Å². The van der Waals surface area contributed by atoms with Gasteiger partial charge in [0.2, 0.25) is 0 Å². The van der Waals surface area contributed by atoms with Gasteiger partial charge in [-0.05, 0) is 29.9 Å². The molecule has 1 saturated carbocycles. The SMILES string of the molecule is COc1ccc(C(C)(C)C)c(OC2CC2)c1. The van der Waals surface area contributed by atoms with E-state index in [-0.39, 0.29) is 5.41 Å². The molecule has 2 nitrogen and oxygen atoms in total. The lowest BCUT2D eigenvalue weighted by molar-refractivity contribution is 0.292. The zero-order valence-electron chi connectivity index (χ0n) is 10.5. The molecule has 1 fully saturated rings. The van der Waals surface area contributed by atoms with Gasteiger partial charge in [-0.3, -0.25) is 0 Å². The van der Waals surface area contributed by atoms with Gasteiger partial charge < -0.3 is 9.47 Å². The Hall–Kier alpha value is -1.18. The molecule has 88 valence electrons. The van der Waals surface area contributed by atoms with Crippen molar-refractivity contribution in [3.63, 3.8) is 0 Å². The number of rotatable bonds is 3. The molecule has 0 heterocycles. The summed E-state index contributed by atoms with van der Waals surface area (Å²) in [6.45, 7) is 6.61. The number of benzene rings is 1. The molecule has 0 atom stereocenters. The van der Waals surface area contributed by atoms with E-state index in [2.05, 4.69) is 26.8 Å². The third-order valence-electron chi connectivity index (χ3n) is 2.81. The van der Waals surface area contributed by atoms with Crippen LogP contribution in [0.15, 0.2) is 18.2 Å². The predicted molar refractivity (Wildman–Crippen MR) is 65.3 cm³/mol. The Morgan fingerprint density at radius 2 is 1.88 bits per heavy atom. The third kappa shape index (κ3) is 2.49. The molecule has 1 aromatic carbocycles. The fourth-order valence-corrected chi connectivity index (χ4v) is 1.71. The molecule has 0 amide bonds. The van der Waals surface area contributed by atoms with E-state index in [0.29, 0.717) is 6.10 Å². The minimum Gasteiger partial charge on any atom is -0.497 e. The van der Waals surface area contributed by atoms with Crippen molar-refractivity contribution >= 4 is 0 Å². The summed E-state index contributed by atoms with van der Waals surface area (Å²) >= 11 is 0. The van der Waals surface area contributed by atoms with Gasteiger partial charge in [-0.15, -0.1) is 0 Å². The summed E-state index contributed by atoms with van der Waals surface area (Å²) in [5, 5.41) is 0. The van der Waals surface area contributed by atoms with Crippen LogP contribution >= 0.6 is 0 Å². The van der Waals surface area contributed by atoms with E-state index in [9.17, 15) is 0 Å². The van der Waals surface area contributed by atoms with E-state index in [0.717, 1.165) is 11.5 Å². The lowest BCUT2D eigenvalue weighted by Crippen LogP contribution is -2.14. The fraction of sp³-hybridized carbons (Fsp3) is 0.571. The summed E-state index contributed by atoms with van der Waals surface area (Å²) in [7, 11) is 1.69. The van der Waals surface area contributed by atoms with Crippen molar-refractivity contribution in [2.75, 3.05) is 7.11 Å². The molecule has 2 rings (SSSR count). The first-order valence-corrected chi connectivity index (χ1v) is 5.86. The van der Waals surface area contributed by atoms with Crippen molar-refractivity contribution in [1.29, 1.82) is 0 Å². The molecule has 0 saturated heterocycles. The molecule has 2 heteroatoms. The van der Waals surface area contributed by atoms with Crippen LogP contribution in [0, 0.1) is 0 Å². The average molecular weight is 220 g/mol. The Balaban J connectivity index is 2.33. The van der Waals surface area contributed by atoms with Crippen molar-refractivity contribution in [3.05, 3.63) is 23.8 Å². The smallest absolute Gasteiger partial charge is 0.127 e. The second kappa shape index (κ2) is 4.00. The van der Waals surface area contributed by atoms with Crippen LogP contribution in [0.1, 0.15) is 39.2 Å². The lowest BCUT2D eigenvalue weighted by Gasteiger charge is -2.23. The highest BCUT2D eigenvalue weighted by atomic mass is 16.5. The van der Waals surface area contributed by atoms with Crippen LogP contribution in [0.25, 0.3) is 0 Å². The van der Waals surface area contributed by atoms with Gasteiger partial charge in [-0.1, -0.05) is 26.8 Å². The van der Waals surface area contributed by atoms with E-state index in [1.54, 1.807) is 7.11 Å². The normalized spacial score (nSPS) is 16.0. The van der Waals surface area contributed by atoms with Crippen LogP contribution in [0.4, 0.5) is 0 Å². The Morgan fingerprint density at radius 3 is 2.38 bits per heavy atom.